The lowest BCUT2D eigenvalue weighted by atomic mass is 10.1. The SMILES string of the molecule is FC(F)(F)n1nccc1-c1ccccc1. The van der Waals surface area contributed by atoms with Gasteiger partial charge in [-0.05, 0) is 6.07 Å². The highest BCUT2D eigenvalue weighted by Crippen LogP contribution is 2.28. The number of rotatable bonds is 1. The standard InChI is InChI=1S/C10H7F3N2/c11-10(12,13)15-9(6-7-14-15)8-4-2-1-3-5-8/h1-7H. The molecule has 2 nitrogen and oxygen atoms in total. The second-order valence-electron chi connectivity index (χ2n) is 2.96. The van der Waals surface area contributed by atoms with E-state index in [1.165, 1.54) is 6.07 Å². The second kappa shape index (κ2) is 3.42. The molecule has 0 saturated heterocycles. The Morgan fingerprint density at radius 2 is 1.67 bits per heavy atom. The van der Waals surface area contributed by atoms with Gasteiger partial charge in [0.05, 0.1) is 5.69 Å². The first-order chi connectivity index (χ1) is 7.09. The third-order valence-electron chi connectivity index (χ3n) is 1.95. The molecule has 0 aliphatic carbocycles. The van der Waals surface area contributed by atoms with E-state index in [-0.39, 0.29) is 10.4 Å². The highest BCUT2D eigenvalue weighted by molar-refractivity contribution is 5.58. The van der Waals surface area contributed by atoms with Crippen LogP contribution in [0.2, 0.25) is 0 Å². The van der Waals surface area contributed by atoms with Crippen LogP contribution in [0.25, 0.3) is 11.3 Å². The molecule has 0 fully saturated rings. The summed E-state index contributed by atoms with van der Waals surface area (Å²) in [6.45, 7) is 0. The van der Waals surface area contributed by atoms with Crippen LogP contribution >= 0.6 is 0 Å². The first-order valence-electron chi connectivity index (χ1n) is 4.26. The van der Waals surface area contributed by atoms with Gasteiger partial charge in [0, 0.05) is 11.8 Å². The van der Waals surface area contributed by atoms with E-state index in [2.05, 4.69) is 5.10 Å². The predicted octanol–water partition coefficient (Wildman–Crippen LogP) is 3.03. The monoisotopic (exact) mass is 212 g/mol. The second-order valence-corrected chi connectivity index (χ2v) is 2.96. The van der Waals surface area contributed by atoms with Gasteiger partial charge in [-0.1, -0.05) is 30.3 Å². The van der Waals surface area contributed by atoms with E-state index in [0.717, 1.165) is 6.20 Å². The summed E-state index contributed by atoms with van der Waals surface area (Å²) in [7, 11) is 0. The van der Waals surface area contributed by atoms with E-state index in [1.807, 2.05) is 0 Å². The summed E-state index contributed by atoms with van der Waals surface area (Å²) in [6, 6.07) is 9.67. The van der Waals surface area contributed by atoms with Gasteiger partial charge in [0.15, 0.2) is 0 Å². The maximum Gasteiger partial charge on any atom is 0.505 e. The molecule has 2 aromatic rings. The largest absolute Gasteiger partial charge is 0.505 e. The van der Waals surface area contributed by atoms with Crippen molar-refractivity contribution in [2.45, 2.75) is 6.30 Å². The van der Waals surface area contributed by atoms with Crippen LogP contribution in [-0.2, 0) is 6.30 Å². The summed E-state index contributed by atoms with van der Waals surface area (Å²) in [5, 5.41) is 3.26. The number of hydrogen-bond acceptors (Lipinski definition) is 1. The lowest BCUT2D eigenvalue weighted by Crippen LogP contribution is -2.19. The molecule has 0 spiro atoms. The average Bonchev–Trinajstić information content (AvgIpc) is 2.67. The molecule has 0 N–H and O–H groups in total. The van der Waals surface area contributed by atoms with E-state index in [4.69, 9.17) is 0 Å². The molecule has 78 valence electrons. The maximum absolute atomic E-state index is 12.5. The number of alkyl halides is 3. The molecular weight excluding hydrogens is 205 g/mol. The van der Waals surface area contributed by atoms with Crippen LogP contribution in [0.1, 0.15) is 0 Å². The Labute approximate surface area is 84.0 Å². The normalized spacial score (nSPS) is 11.7. The summed E-state index contributed by atoms with van der Waals surface area (Å²) < 4.78 is 37.5. The zero-order chi connectivity index (χ0) is 10.9. The van der Waals surface area contributed by atoms with Gasteiger partial charge >= 0.3 is 6.30 Å². The lowest BCUT2D eigenvalue weighted by molar-refractivity contribution is -0.211. The van der Waals surface area contributed by atoms with Crippen molar-refractivity contribution in [1.82, 2.24) is 9.78 Å². The molecule has 0 saturated carbocycles. The summed E-state index contributed by atoms with van der Waals surface area (Å²) in [4.78, 5) is 0. The molecule has 0 atom stereocenters. The fourth-order valence-corrected chi connectivity index (χ4v) is 1.33. The number of aromatic nitrogens is 2. The summed E-state index contributed by atoms with van der Waals surface area (Å²) in [5.74, 6) is 0. The predicted molar refractivity (Wildman–Crippen MR) is 49.0 cm³/mol. The number of nitrogens with zero attached hydrogens (tertiary/aromatic N) is 2. The van der Waals surface area contributed by atoms with Gasteiger partial charge < -0.3 is 0 Å². The smallest absolute Gasteiger partial charge is 0.173 e. The molecule has 0 aliphatic rings. The van der Waals surface area contributed by atoms with Crippen molar-refractivity contribution < 1.29 is 13.2 Å². The van der Waals surface area contributed by atoms with Gasteiger partial charge in [0.25, 0.3) is 0 Å². The lowest BCUT2D eigenvalue weighted by Gasteiger charge is -2.10. The number of benzene rings is 1. The van der Waals surface area contributed by atoms with Crippen molar-refractivity contribution in [3.63, 3.8) is 0 Å². The Kier molecular flexibility index (Phi) is 2.22. The van der Waals surface area contributed by atoms with Crippen LogP contribution in [0.5, 0.6) is 0 Å². The Morgan fingerprint density at radius 3 is 2.27 bits per heavy atom. The van der Waals surface area contributed by atoms with Crippen molar-refractivity contribution in [3.8, 4) is 11.3 Å². The summed E-state index contributed by atoms with van der Waals surface area (Å²) in [5.41, 5.74) is 0.537. The molecule has 0 radical (unpaired) electrons. The van der Waals surface area contributed by atoms with E-state index in [0.29, 0.717) is 5.56 Å². The molecule has 1 aromatic carbocycles. The van der Waals surface area contributed by atoms with Crippen molar-refractivity contribution in [2.75, 3.05) is 0 Å². The number of hydrogen-bond donors (Lipinski definition) is 0. The highest BCUT2D eigenvalue weighted by atomic mass is 19.4. The molecule has 15 heavy (non-hydrogen) atoms. The molecular formula is C10H7F3N2. The van der Waals surface area contributed by atoms with Crippen molar-refractivity contribution >= 4 is 0 Å². The van der Waals surface area contributed by atoms with Crippen LogP contribution in [0.3, 0.4) is 0 Å². The molecule has 5 heteroatoms. The van der Waals surface area contributed by atoms with Gasteiger partial charge in [-0.2, -0.15) is 9.78 Å². The quantitative estimate of drug-likeness (QED) is 0.710. The average molecular weight is 212 g/mol. The van der Waals surface area contributed by atoms with Crippen LogP contribution in [0.15, 0.2) is 42.6 Å². The first-order valence-corrected chi connectivity index (χ1v) is 4.26. The first kappa shape index (κ1) is 9.76. The third-order valence-corrected chi connectivity index (χ3v) is 1.95. The zero-order valence-electron chi connectivity index (χ0n) is 7.57. The molecule has 2 rings (SSSR count). The minimum atomic E-state index is -4.48. The van der Waals surface area contributed by atoms with Gasteiger partial charge in [-0.25, -0.2) is 0 Å². The molecule has 1 aromatic heterocycles. The van der Waals surface area contributed by atoms with Crippen molar-refractivity contribution in [2.24, 2.45) is 0 Å². The summed E-state index contributed by atoms with van der Waals surface area (Å²) >= 11 is 0. The molecule has 0 bridgehead atoms. The minimum absolute atomic E-state index is 0.0445. The minimum Gasteiger partial charge on any atom is -0.173 e. The molecule has 0 unspecified atom stereocenters. The fourth-order valence-electron chi connectivity index (χ4n) is 1.33. The van der Waals surface area contributed by atoms with Crippen LogP contribution in [0.4, 0.5) is 13.2 Å². The van der Waals surface area contributed by atoms with Crippen molar-refractivity contribution in [1.29, 1.82) is 0 Å². The maximum atomic E-state index is 12.5. The van der Waals surface area contributed by atoms with E-state index in [9.17, 15) is 13.2 Å². The summed E-state index contributed by atoms with van der Waals surface area (Å²) in [6.07, 6.45) is -3.34. The Bertz CT molecular complexity index is 445. The van der Waals surface area contributed by atoms with Crippen molar-refractivity contribution in [3.05, 3.63) is 42.6 Å². The molecule has 0 aliphatic heterocycles. The molecule has 0 amide bonds. The highest BCUT2D eigenvalue weighted by Gasteiger charge is 2.33. The third kappa shape index (κ3) is 1.86. The topological polar surface area (TPSA) is 17.8 Å². The van der Waals surface area contributed by atoms with Crippen LogP contribution in [0, 0.1) is 0 Å². The van der Waals surface area contributed by atoms with Crippen LogP contribution < -0.4 is 0 Å². The Balaban J connectivity index is 2.51. The van der Waals surface area contributed by atoms with Gasteiger partial charge in [-0.3, -0.25) is 0 Å². The zero-order valence-corrected chi connectivity index (χ0v) is 7.57. The Hall–Kier alpha value is -1.78. The number of halogens is 3. The van der Waals surface area contributed by atoms with E-state index >= 15 is 0 Å². The van der Waals surface area contributed by atoms with Crippen LogP contribution in [-0.4, -0.2) is 9.78 Å². The van der Waals surface area contributed by atoms with Gasteiger partial charge in [0.1, 0.15) is 0 Å². The van der Waals surface area contributed by atoms with E-state index in [1.54, 1.807) is 30.3 Å². The van der Waals surface area contributed by atoms with Gasteiger partial charge in [-0.15, -0.1) is 13.2 Å². The molecule has 1 heterocycles. The fraction of sp³-hybridized carbons (Fsp3) is 0.100. The van der Waals surface area contributed by atoms with E-state index < -0.39 is 6.30 Å². The van der Waals surface area contributed by atoms with Gasteiger partial charge in [0.2, 0.25) is 0 Å². The Morgan fingerprint density at radius 1 is 1.00 bits per heavy atom.